The van der Waals surface area contributed by atoms with Crippen molar-refractivity contribution >= 4 is 15.9 Å². The molecule has 1 atom stereocenters. The minimum absolute atomic E-state index is 0.0905. The van der Waals surface area contributed by atoms with Gasteiger partial charge in [-0.3, -0.25) is 4.98 Å². The molecule has 0 aliphatic rings. The van der Waals surface area contributed by atoms with E-state index in [1.807, 2.05) is 44.2 Å². The van der Waals surface area contributed by atoms with Gasteiger partial charge in [-0.25, -0.2) is 0 Å². The fourth-order valence-corrected chi connectivity index (χ4v) is 2.20. The lowest BCUT2D eigenvalue weighted by Gasteiger charge is -2.13. The van der Waals surface area contributed by atoms with E-state index in [4.69, 9.17) is 10.5 Å². The van der Waals surface area contributed by atoms with Crippen molar-refractivity contribution in [2.24, 2.45) is 5.73 Å². The Balaban J connectivity index is 2.26. The Kier molecular flexibility index (Phi) is 4.56. The topological polar surface area (TPSA) is 48.1 Å². The molecule has 0 saturated heterocycles. The Bertz CT molecular complexity index is 553. The van der Waals surface area contributed by atoms with E-state index in [0.717, 1.165) is 33.6 Å². The van der Waals surface area contributed by atoms with Gasteiger partial charge in [0.25, 0.3) is 0 Å². The zero-order valence-corrected chi connectivity index (χ0v) is 12.6. The first kappa shape index (κ1) is 14.0. The molecule has 1 aromatic carbocycles. The van der Waals surface area contributed by atoms with Crippen LogP contribution in [0, 0.1) is 6.92 Å². The fourth-order valence-electron chi connectivity index (χ4n) is 1.80. The van der Waals surface area contributed by atoms with Gasteiger partial charge in [0.15, 0.2) is 0 Å². The van der Waals surface area contributed by atoms with Crippen LogP contribution in [0.1, 0.15) is 18.2 Å². The van der Waals surface area contributed by atoms with Crippen molar-refractivity contribution in [1.82, 2.24) is 4.98 Å². The highest BCUT2D eigenvalue weighted by atomic mass is 79.9. The molecule has 0 spiro atoms. The molecule has 4 heteroatoms. The summed E-state index contributed by atoms with van der Waals surface area (Å²) in [6.45, 7) is 3.93. The molecule has 0 amide bonds. The molecule has 2 rings (SSSR count). The summed E-state index contributed by atoms with van der Waals surface area (Å²) in [6, 6.07) is 9.89. The van der Waals surface area contributed by atoms with Gasteiger partial charge in [-0.05, 0) is 56.2 Å². The highest BCUT2D eigenvalue weighted by Gasteiger charge is 2.08. The van der Waals surface area contributed by atoms with E-state index in [9.17, 15) is 0 Å². The number of aromatic nitrogens is 1. The molecule has 1 aromatic heterocycles. The van der Waals surface area contributed by atoms with Crippen molar-refractivity contribution in [2.45, 2.75) is 26.3 Å². The molecule has 2 N–H and O–H groups in total. The summed E-state index contributed by atoms with van der Waals surface area (Å²) in [6.07, 6.45) is 2.50. The number of nitrogens with two attached hydrogens (primary N) is 1. The lowest BCUT2D eigenvalue weighted by atomic mass is 10.1. The standard InChI is InChI=1S/C15H17BrN2O/c1-10(17)7-12-8-13(16)4-6-15(12)19-14-5-3-11(2)18-9-14/h3-6,8-10H,7,17H2,1-2H3. The summed E-state index contributed by atoms with van der Waals surface area (Å²) < 4.78 is 6.91. The number of ether oxygens (including phenoxy) is 1. The fraction of sp³-hybridized carbons (Fsp3) is 0.267. The number of hydrogen-bond acceptors (Lipinski definition) is 3. The van der Waals surface area contributed by atoms with E-state index < -0.39 is 0 Å². The van der Waals surface area contributed by atoms with Gasteiger partial charge in [0.1, 0.15) is 11.5 Å². The summed E-state index contributed by atoms with van der Waals surface area (Å²) in [7, 11) is 0. The van der Waals surface area contributed by atoms with E-state index in [2.05, 4.69) is 20.9 Å². The highest BCUT2D eigenvalue weighted by Crippen LogP contribution is 2.28. The van der Waals surface area contributed by atoms with Crippen LogP contribution >= 0.6 is 15.9 Å². The third-order valence-electron chi connectivity index (χ3n) is 2.68. The lowest BCUT2D eigenvalue weighted by Crippen LogP contribution is -2.18. The van der Waals surface area contributed by atoms with Gasteiger partial charge >= 0.3 is 0 Å². The van der Waals surface area contributed by atoms with Crippen LogP contribution in [-0.2, 0) is 6.42 Å². The number of rotatable bonds is 4. The molecule has 19 heavy (non-hydrogen) atoms. The van der Waals surface area contributed by atoms with Gasteiger partial charge in [0.05, 0.1) is 6.20 Å². The summed E-state index contributed by atoms with van der Waals surface area (Å²) >= 11 is 3.47. The quantitative estimate of drug-likeness (QED) is 0.931. The minimum Gasteiger partial charge on any atom is -0.455 e. The maximum atomic E-state index is 5.88. The molecule has 0 fully saturated rings. The average molecular weight is 321 g/mol. The van der Waals surface area contributed by atoms with Crippen LogP contribution in [0.5, 0.6) is 11.5 Å². The summed E-state index contributed by atoms with van der Waals surface area (Å²) in [5.41, 5.74) is 7.93. The van der Waals surface area contributed by atoms with Gasteiger partial charge in [-0.2, -0.15) is 0 Å². The van der Waals surface area contributed by atoms with E-state index in [1.165, 1.54) is 0 Å². The predicted molar refractivity (Wildman–Crippen MR) is 80.5 cm³/mol. The number of hydrogen-bond donors (Lipinski definition) is 1. The van der Waals surface area contributed by atoms with Crippen LogP contribution in [0.4, 0.5) is 0 Å². The van der Waals surface area contributed by atoms with Gasteiger partial charge in [-0.1, -0.05) is 15.9 Å². The Morgan fingerprint density at radius 3 is 2.74 bits per heavy atom. The maximum absolute atomic E-state index is 5.88. The third-order valence-corrected chi connectivity index (χ3v) is 3.17. The first-order chi connectivity index (χ1) is 9.04. The van der Waals surface area contributed by atoms with Crippen LogP contribution in [0.2, 0.25) is 0 Å². The minimum atomic E-state index is 0.0905. The molecule has 2 aromatic rings. The van der Waals surface area contributed by atoms with Crippen LogP contribution in [0.15, 0.2) is 41.0 Å². The lowest BCUT2D eigenvalue weighted by molar-refractivity contribution is 0.471. The Hall–Kier alpha value is -1.39. The van der Waals surface area contributed by atoms with Crippen LogP contribution in [-0.4, -0.2) is 11.0 Å². The van der Waals surface area contributed by atoms with Crippen molar-refractivity contribution in [3.8, 4) is 11.5 Å². The molecule has 0 radical (unpaired) electrons. The van der Waals surface area contributed by atoms with Crippen LogP contribution in [0.3, 0.4) is 0 Å². The number of halogens is 1. The number of pyridine rings is 1. The van der Waals surface area contributed by atoms with Crippen molar-refractivity contribution in [2.75, 3.05) is 0 Å². The average Bonchev–Trinajstić information content (AvgIpc) is 2.34. The summed E-state index contributed by atoms with van der Waals surface area (Å²) in [4.78, 5) is 4.22. The predicted octanol–water partition coefficient (Wildman–Crippen LogP) is 3.83. The molecular formula is C15H17BrN2O. The summed E-state index contributed by atoms with van der Waals surface area (Å²) in [5, 5.41) is 0. The Morgan fingerprint density at radius 2 is 2.11 bits per heavy atom. The van der Waals surface area contributed by atoms with E-state index in [1.54, 1.807) is 6.20 Å². The third kappa shape index (κ3) is 4.04. The Labute approximate surface area is 121 Å². The molecule has 1 unspecified atom stereocenters. The number of benzene rings is 1. The second kappa shape index (κ2) is 6.17. The Morgan fingerprint density at radius 1 is 1.32 bits per heavy atom. The van der Waals surface area contributed by atoms with E-state index in [0.29, 0.717) is 0 Å². The highest BCUT2D eigenvalue weighted by molar-refractivity contribution is 9.10. The van der Waals surface area contributed by atoms with Crippen molar-refractivity contribution in [1.29, 1.82) is 0 Å². The number of nitrogens with zero attached hydrogens (tertiary/aromatic N) is 1. The monoisotopic (exact) mass is 320 g/mol. The maximum Gasteiger partial charge on any atom is 0.145 e. The molecular weight excluding hydrogens is 304 g/mol. The molecule has 0 saturated carbocycles. The number of aryl methyl sites for hydroxylation is 1. The van der Waals surface area contributed by atoms with Crippen molar-refractivity contribution < 1.29 is 4.74 Å². The molecule has 0 bridgehead atoms. The normalized spacial score (nSPS) is 12.2. The first-order valence-corrected chi connectivity index (χ1v) is 6.98. The molecule has 3 nitrogen and oxygen atoms in total. The molecule has 1 heterocycles. The van der Waals surface area contributed by atoms with E-state index in [-0.39, 0.29) is 6.04 Å². The zero-order valence-electron chi connectivity index (χ0n) is 11.1. The van der Waals surface area contributed by atoms with Crippen LogP contribution in [0.25, 0.3) is 0 Å². The van der Waals surface area contributed by atoms with Gasteiger partial charge in [0.2, 0.25) is 0 Å². The van der Waals surface area contributed by atoms with Crippen LogP contribution < -0.4 is 10.5 Å². The second-order valence-corrected chi connectivity index (χ2v) is 5.59. The van der Waals surface area contributed by atoms with Crippen molar-refractivity contribution in [3.05, 3.63) is 52.3 Å². The van der Waals surface area contributed by atoms with Crippen molar-refractivity contribution in [3.63, 3.8) is 0 Å². The zero-order chi connectivity index (χ0) is 13.8. The van der Waals surface area contributed by atoms with Gasteiger partial charge in [0, 0.05) is 16.2 Å². The SMILES string of the molecule is Cc1ccc(Oc2ccc(Br)cc2CC(C)N)cn1. The van der Waals surface area contributed by atoms with E-state index >= 15 is 0 Å². The second-order valence-electron chi connectivity index (χ2n) is 4.67. The van der Waals surface area contributed by atoms with Gasteiger partial charge < -0.3 is 10.5 Å². The molecule has 0 aliphatic carbocycles. The smallest absolute Gasteiger partial charge is 0.145 e. The molecule has 100 valence electrons. The molecule has 0 aliphatic heterocycles. The summed E-state index contributed by atoms with van der Waals surface area (Å²) in [5.74, 6) is 1.56. The van der Waals surface area contributed by atoms with Gasteiger partial charge in [-0.15, -0.1) is 0 Å². The first-order valence-electron chi connectivity index (χ1n) is 6.19. The largest absolute Gasteiger partial charge is 0.455 e.